The molecule has 54 heavy (non-hydrogen) atoms. The molecule has 0 radical (unpaired) electrons. The van der Waals surface area contributed by atoms with Crippen LogP contribution < -0.4 is 4.90 Å². The second-order valence-corrected chi connectivity index (χ2v) is 15.3. The second-order valence-electron chi connectivity index (χ2n) is 15.3. The fraction of sp³-hybridized carbons (Fsp3) is 0.0980. The predicted octanol–water partition coefficient (Wildman–Crippen LogP) is 13.9. The van der Waals surface area contributed by atoms with Crippen molar-refractivity contribution in [1.29, 1.82) is 0 Å². The van der Waals surface area contributed by atoms with Gasteiger partial charge in [0, 0.05) is 44.3 Å². The van der Waals surface area contributed by atoms with Gasteiger partial charge in [0.25, 0.3) is 0 Å². The first-order valence-electron chi connectivity index (χ1n) is 19.0. The molecule has 2 aliphatic rings. The number of rotatable bonds is 5. The molecule has 0 saturated carbocycles. The number of hydrogen-bond acceptors (Lipinski definition) is 2. The van der Waals surface area contributed by atoms with Crippen LogP contribution in [-0.4, -0.2) is 4.57 Å². The van der Waals surface area contributed by atoms with E-state index in [2.05, 4.69) is 187 Å². The van der Waals surface area contributed by atoms with E-state index in [-0.39, 0.29) is 5.41 Å². The van der Waals surface area contributed by atoms with Crippen LogP contribution in [-0.2, 0) is 5.41 Å². The molecule has 3 nitrogen and oxygen atoms in total. The Kier molecular flexibility index (Phi) is 6.72. The fourth-order valence-corrected chi connectivity index (χ4v) is 9.34. The summed E-state index contributed by atoms with van der Waals surface area (Å²) in [5.74, 6) is 0. The normalized spacial score (nSPS) is 14.9. The molecule has 2 aromatic heterocycles. The molecule has 0 atom stereocenters. The largest absolute Gasteiger partial charge is 0.455 e. The topological polar surface area (TPSA) is 21.3 Å². The van der Waals surface area contributed by atoms with Crippen molar-refractivity contribution >= 4 is 60.7 Å². The Morgan fingerprint density at radius 3 is 2.09 bits per heavy atom. The van der Waals surface area contributed by atoms with Crippen molar-refractivity contribution in [2.75, 3.05) is 4.90 Å². The van der Waals surface area contributed by atoms with Crippen LogP contribution in [0.1, 0.15) is 37.8 Å². The summed E-state index contributed by atoms with van der Waals surface area (Å²) in [6.07, 6.45) is 4.46. The first-order valence-corrected chi connectivity index (χ1v) is 19.0. The average molecular weight is 695 g/mol. The monoisotopic (exact) mass is 694 g/mol. The number of nitrogens with zero attached hydrogens (tertiary/aromatic N) is 2. The molecule has 0 unspecified atom stereocenters. The lowest BCUT2D eigenvalue weighted by molar-refractivity contribution is 0.648. The van der Waals surface area contributed by atoms with Crippen LogP contribution in [0.15, 0.2) is 186 Å². The van der Waals surface area contributed by atoms with E-state index in [0.29, 0.717) is 0 Å². The number of para-hydroxylation sites is 2. The number of aromatic nitrogens is 1. The van der Waals surface area contributed by atoms with Crippen LogP contribution in [0.4, 0.5) is 11.4 Å². The number of fused-ring (bicyclic) bond motifs is 9. The van der Waals surface area contributed by atoms with Crippen molar-refractivity contribution < 1.29 is 4.42 Å². The summed E-state index contributed by atoms with van der Waals surface area (Å²) in [7, 11) is 0. The van der Waals surface area contributed by atoms with Gasteiger partial charge in [-0.25, -0.2) is 0 Å². The summed E-state index contributed by atoms with van der Waals surface area (Å²) in [6.45, 7) is 4.77. The highest BCUT2D eigenvalue weighted by atomic mass is 16.3. The Morgan fingerprint density at radius 2 is 1.26 bits per heavy atom. The molecule has 0 fully saturated rings. The molecule has 2 heterocycles. The van der Waals surface area contributed by atoms with Gasteiger partial charge in [-0.2, -0.15) is 0 Å². The zero-order valence-electron chi connectivity index (χ0n) is 30.4. The third-order valence-corrected chi connectivity index (χ3v) is 11.9. The molecule has 2 aliphatic carbocycles. The molecule has 0 bridgehead atoms. The Hall–Kier alpha value is -6.58. The van der Waals surface area contributed by atoms with Crippen molar-refractivity contribution in [3.63, 3.8) is 0 Å². The lowest BCUT2D eigenvalue weighted by atomic mass is 9.79. The fourth-order valence-electron chi connectivity index (χ4n) is 9.34. The van der Waals surface area contributed by atoms with E-state index in [1.165, 1.54) is 44.5 Å². The maximum Gasteiger partial charge on any atom is 0.145 e. The lowest BCUT2D eigenvalue weighted by Crippen LogP contribution is -2.22. The average Bonchev–Trinajstić information content (AvgIpc) is 3.84. The van der Waals surface area contributed by atoms with E-state index in [4.69, 9.17) is 4.42 Å². The lowest BCUT2D eigenvalue weighted by Gasteiger charge is -2.33. The number of allylic oxidation sites excluding steroid dienone is 4. The number of furan rings is 1. The van der Waals surface area contributed by atoms with E-state index in [1.807, 2.05) is 6.07 Å². The van der Waals surface area contributed by atoms with E-state index in [0.717, 1.165) is 68.3 Å². The quantitative estimate of drug-likeness (QED) is 0.179. The van der Waals surface area contributed by atoms with Gasteiger partial charge in [-0.1, -0.05) is 117 Å². The van der Waals surface area contributed by atoms with Gasteiger partial charge in [0.05, 0.1) is 16.4 Å². The summed E-state index contributed by atoms with van der Waals surface area (Å²) in [5.41, 5.74) is 17.0. The van der Waals surface area contributed by atoms with E-state index < -0.39 is 0 Å². The van der Waals surface area contributed by atoms with Gasteiger partial charge in [-0.3, -0.25) is 0 Å². The van der Waals surface area contributed by atoms with Crippen LogP contribution in [0.3, 0.4) is 0 Å². The Balaban J connectivity index is 1.15. The molecule has 9 aromatic rings. The molecule has 258 valence electrons. The maximum absolute atomic E-state index is 6.66. The van der Waals surface area contributed by atoms with Gasteiger partial charge in [-0.15, -0.1) is 0 Å². The van der Waals surface area contributed by atoms with Crippen molar-refractivity contribution in [2.24, 2.45) is 0 Å². The molecule has 0 amide bonds. The molecule has 11 rings (SSSR count). The van der Waals surface area contributed by atoms with Crippen LogP contribution in [0.25, 0.3) is 66.1 Å². The second kappa shape index (κ2) is 11.7. The van der Waals surface area contributed by atoms with Crippen LogP contribution in [0.5, 0.6) is 0 Å². The summed E-state index contributed by atoms with van der Waals surface area (Å²) in [5, 5.41) is 4.61. The first-order chi connectivity index (χ1) is 26.5. The molecule has 0 spiro atoms. The van der Waals surface area contributed by atoms with Crippen LogP contribution in [0.2, 0.25) is 0 Å². The Morgan fingerprint density at radius 1 is 0.574 bits per heavy atom. The summed E-state index contributed by atoms with van der Waals surface area (Å²) < 4.78 is 9.07. The summed E-state index contributed by atoms with van der Waals surface area (Å²) in [4.78, 5) is 2.50. The van der Waals surface area contributed by atoms with Gasteiger partial charge in [0.2, 0.25) is 0 Å². The molecule has 3 heteroatoms. The zero-order chi connectivity index (χ0) is 36.0. The number of hydrogen-bond donors (Lipinski definition) is 0. The number of benzene rings is 7. The van der Waals surface area contributed by atoms with Crippen LogP contribution >= 0.6 is 0 Å². The standard InChI is InChI=1S/C51H38N2O/c1-51(2)44-19-11-9-17-39(44)40-27-25-37(31-45(40)51)52(36-23-21-34(22-24-36)33-13-5-3-6-14-33)38-26-28-43-47(32-38)53(35-15-7-4-8-16-35)46-30-29-42-41-18-10-12-20-48(41)54-50(42)49(43)46/h3-24,26,28-32H,25,27H2,1-2H3. The summed E-state index contributed by atoms with van der Waals surface area (Å²) >= 11 is 0. The first kappa shape index (κ1) is 31.0. The minimum absolute atomic E-state index is 0.0674. The molecular weight excluding hydrogens is 657 g/mol. The molecular formula is C51H38N2O. The maximum atomic E-state index is 6.66. The third-order valence-electron chi connectivity index (χ3n) is 11.9. The van der Waals surface area contributed by atoms with E-state index in [1.54, 1.807) is 0 Å². The van der Waals surface area contributed by atoms with Crippen molar-refractivity contribution in [1.82, 2.24) is 4.57 Å². The highest BCUT2D eigenvalue weighted by molar-refractivity contribution is 6.24. The molecule has 0 saturated heterocycles. The van der Waals surface area contributed by atoms with Gasteiger partial charge in [-0.05, 0) is 113 Å². The van der Waals surface area contributed by atoms with Gasteiger partial charge >= 0.3 is 0 Å². The summed E-state index contributed by atoms with van der Waals surface area (Å²) in [6, 6.07) is 59.3. The molecule has 7 aromatic carbocycles. The van der Waals surface area contributed by atoms with Gasteiger partial charge in [0.15, 0.2) is 0 Å². The van der Waals surface area contributed by atoms with Crippen molar-refractivity contribution in [2.45, 2.75) is 32.1 Å². The minimum atomic E-state index is -0.0674. The van der Waals surface area contributed by atoms with Crippen molar-refractivity contribution in [3.8, 4) is 16.8 Å². The smallest absolute Gasteiger partial charge is 0.145 e. The highest BCUT2D eigenvalue weighted by Gasteiger charge is 2.38. The van der Waals surface area contributed by atoms with Crippen LogP contribution in [0, 0.1) is 0 Å². The highest BCUT2D eigenvalue weighted by Crippen LogP contribution is 2.52. The van der Waals surface area contributed by atoms with E-state index >= 15 is 0 Å². The zero-order valence-corrected chi connectivity index (χ0v) is 30.4. The van der Waals surface area contributed by atoms with Gasteiger partial charge in [0.1, 0.15) is 11.2 Å². The number of anilines is 2. The SMILES string of the molecule is CC1(C)C2=C(CCC(N(c3ccc(-c4ccccc4)cc3)c3ccc4c5c6oc7ccccc7c6ccc5n(-c5ccccc5)c4c3)=C2)c2ccccc21. The predicted molar refractivity (Wildman–Crippen MR) is 226 cm³/mol. The molecule has 0 aliphatic heterocycles. The van der Waals surface area contributed by atoms with E-state index in [9.17, 15) is 0 Å². The Bertz CT molecular complexity index is 2990. The molecule has 0 N–H and O–H groups in total. The van der Waals surface area contributed by atoms with Gasteiger partial charge < -0.3 is 13.9 Å². The van der Waals surface area contributed by atoms with Crippen molar-refractivity contribution in [3.05, 3.63) is 192 Å². The minimum Gasteiger partial charge on any atom is -0.455 e. The third kappa shape index (κ3) is 4.55. The Labute approximate surface area is 314 Å².